The second-order valence-corrected chi connectivity index (χ2v) is 15.9. The number of fused-ring (bicyclic) bond motifs is 9. The van der Waals surface area contributed by atoms with Gasteiger partial charge in [-0.2, -0.15) is 0 Å². The van der Waals surface area contributed by atoms with Crippen molar-refractivity contribution in [2.24, 2.45) is 0 Å². The fourth-order valence-electron chi connectivity index (χ4n) is 8.73. The smallest absolute Gasteiger partial charge is 0.145 e. The molecule has 3 nitrogen and oxygen atoms in total. The third-order valence-electron chi connectivity index (χ3n) is 11.5. The molecule has 9 aromatic carbocycles. The van der Waals surface area contributed by atoms with Crippen LogP contribution < -0.4 is 4.90 Å². The van der Waals surface area contributed by atoms with Gasteiger partial charge >= 0.3 is 0 Å². The van der Waals surface area contributed by atoms with Crippen LogP contribution in [-0.2, 0) is 0 Å². The van der Waals surface area contributed by atoms with E-state index in [2.05, 4.69) is 199 Å². The molecule has 58 heavy (non-hydrogen) atoms. The molecule has 0 saturated carbocycles. The van der Waals surface area contributed by atoms with Gasteiger partial charge in [0.1, 0.15) is 22.3 Å². The average Bonchev–Trinajstić information content (AvgIpc) is 3.99. The molecule has 4 heteroatoms. The Bertz CT molecular complexity index is 3510. The van der Waals surface area contributed by atoms with Gasteiger partial charge in [0.2, 0.25) is 0 Å². The Morgan fingerprint density at radius 3 is 1.74 bits per heavy atom. The molecule has 12 rings (SSSR count). The standard InChI is InChI=1S/C54H33NO2S/c1-4-13-34(14-5-1)37-23-26-41-45-33-39(25-30-48(45)56-49(41)31-37)55(47-21-12-20-43-42-19-10-11-22-51(42)58-54(43)47)46-29-28-40(36-17-8-3-9-18-36)53-52(46)44-27-24-38(32-50(44)57-53)35-15-6-2-7-16-35/h1-33H. The third-order valence-corrected chi connectivity index (χ3v) is 12.7. The Labute approximate surface area is 338 Å². The van der Waals surface area contributed by atoms with Crippen LogP contribution in [0.5, 0.6) is 0 Å². The number of anilines is 3. The van der Waals surface area contributed by atoms with Crippen molar-refractivity contribution < 1.29 is 8.83 Å². The minimum Gasteiger partial charge on any atom is -0.456 e. The highest BCUT2D eigenvalue weighted by molar-refractivity contribution is 7.26. The quantitative estimate of drug-likeness (QED) is 0.169. The summed E-state index contributed by atoms with van der Waals surface area (Å²) in [5.74, 6) is 0. The average molecular weight is 760 g/mol. The summed E-state index contributed by atoms with van der Waals surface area (Å²) in [5, 5.41) is 6.80. The Hall–Kier alpha value is -7.40. The van der Waals surface area contributed by atoms with Gasteiger partial charge in [0.15, 0.2) is 0 Å². The zero-order valence-corrected chi connectivity index (χ0v) is 32.0. The summed E-state index contributed by atoms with van der Waals surface area (Å²) in [6, 6.07) is 71.3. The summed E-state index contributed by atoms with van der Waals surface area (Å²) in [4.78, 5) is 2.44. The zero-order valence-electron chi connectivity index (χ0n) is 31.2. The van der Waals surface area contributed by atoms with Crippen molar-refractivity contribution in [2.45, 2.75) is 0 Å². The molecule has 0 bridgehead atoms. The molecule has 0 aliphatic carbocycles. The summed E-state index contributed by atoms with van der Waals surface area (Å²) in [6.45, 7) is 0. The van der Waals surface area contributed by atoms with Crippen LogP contribution in [0.25, 0.3) is 97.4 Å². The highest BCUT2D eigenvalue weighted by atomic mass is 32.1. The zero-order chi connectivity index (χ0) is 38.2. The van der Waals surface area contributed by atoms with E-state index in [0.717, 1.165) is 88.8 Å². The van der Waals surface area contributed by atoms with E-state index in [1.54, 1.807) is 0 Å². The third kappa shape index (κ3) is 5.19. The van der Waals surface area contributed by atoms with Crippen LogP contribution in [0.3, 0.4) is 0 Å². The minimum atomic E-state index is 0.853. The van der Waals surface area contributed by atoms with Crippen molar-refractivity contribution in [1.29, 1.82) is 0 Å². The SMILES string of the molecule is c1ccc(-c2ccc3c(c2)oc2ccc(N(c4cccc5c4sc4ccccc45)c4ccc(-c5ccccc5)c5oc6cc(-c7ccccc7)ccc6c45)cc23)cc1. The van der Waals surface area contributed by atoms with E-state index in [4.69, 9.17) is 8.83 Å². The molecule has 0 amide bonds. The first-order valence-corrected chi connectivity index (χ1v) is 20.4. The minimum absolute atomic E-state index is 0.853. The van der Waals surface area contributed by atoms with Gasteiger partial charge in [-0.3, -0.25) is 0 Å². The summed E-state index contributed by atoms with van der Waals surface area (Å²) in [5.41, 5.74) is 13.4. The lowest BCUT2D eigenvalue weighted by molar-refractivity contribution is 0.669. The normalized spacial score (nSPS) is 11.8. The van der Waals surface area contributed by atoms with Gasteiger partial charge in [-0.25, -0.2) is 0 Å². The maximum atomic E-state index is 7.02. The van der Waals surface area contributed by atoms with E-state index < -0.39 is 0 Å². The van der Waals surface area contributed by atoms with Crippen molar-refractivity contribution in [1.82, 2.24) is 0 Å². The molecule has 0 saturated heterocycles. The molecule has 0 N–H and O–H groups in total. The molecular weight excluding hydrogens is 727 g/mol. The summed E-state index contributed by atoms with van der Waals surface area (Å²) in [7, 11) is 0. The largest absolute Gasteiger partial charge is 0.456 e. The Balaban J connectivity index is 1.14. The van der Waals surface area contributed by atoms with Crippen molar-refractivity contribution in [3.05, 3.63) is 200 Å². The molecule has 272 valence electrons. The van der Waals surface area contributed by atoms with Crippen LogP contribution in [0.2, 0.25) is 0 Å². The summed E-state index contributed by atoms with van der Waals surface area (Å²) < 4.78 is 16.1. The van der Waals surface area contributed by atoms with Gasteiger partial charge in [-0.1, -0.05) is 133 Å². The summed E-state index contributed by atoms with van der Waals surface area (Å²) >= 11 is 1.84. The van der Waals surface area contributed by atoms with Gasteiger partial charge in [0, 0.05) is 42.9 Å². The van der Waals surface area contributed by atoms with Gasteiger partial charge in [0.05, 0.1) is 21.5 Å². The predicted octanol–water partition coefficient (Wildman–Crippen LogP) is 16.3. The van der Waals surface area contributed by atoms with Crippen LogP contribution >= 0.6 is 11.3 Å². The Morgan fingerprint density at radius 2 is 1.00 bits per heavy atom. The van der Waals surface area contributed by atoms with Crippen LogP contribution in [0.1, 0.15) is 0 Å². The molecule has 0 aliphatic heterocycles. The van der Waals surface area contributed by atoms with E-state index >= 15 is 0 Å². The molecular formula is C54H33NO2S. The van der Waals surface area contributed by atoms with E-state index in [-0.39, 0.29) is 0 Å². The van der Waals surface area contributed by atoms with E-state index in [1.807, 2.05) is 17.4 Å². The monoisotopic (exact) mass is 759 g/mol. The van der Waals surface area contributed by atoms with Gasteiger partial charge in [0.25, 0.3) is 0 Å². The predicted molar refractivity (Wildman–Crippen MR) is 245 cm³/mol. The molecule has 0 radical (unpaired) electrons. The van der Waals surface area contributed by atoms with E-state index in [1.165, 1.54) is 25.7 Å². The number of furan rings is 2. The maximum Gasteiger partial charge on any atom is 0.145 e. The fourth-order valence-corrected chi connectivity index (χ4v) is 9.94. The van der Waals surface area contributed by atoms with Crippen LogP contribution in [0, 0.1) is 0 Å². The number of thiophene rings is 1. The highest BCUT2D eigenvalue weighted by Gasteiger charge is 2.25. The topological polar surface area (TPSA) is 29.5 Å². The number of hydrogen-bond acceptors (Lipinski definition) is 4. The molecule has 3 heterocycles. The number of benzene rings is 9. The van der Waals surface area contributed by atoms with Crippen LogP contribution in [0.15, 0.2) is 209 Å². The first-order valence-electron chi connectivity index (χ1n) is 19.6. The molecule has 12 aromatic rings. The van der Waals surface area contributed by atoms with E-state index in [0.29, 0.717) is 0 Å². The molecule has 0 unspecified atom stereocenters. The van der Waals surface area contributed by atoms with Crippen molar-refractivity contribution >= 4 is 92.4 Å². The van der Waals surface area contributed by atoms with Crippen molar-refractivity contribution in [3.63, 3.8) is 0 Å². The second-order valence-electron chi connectivity index (χ2n) is 14.8. The van der Waals surface area contributed by atoms with Crippen molar-refractivity contribution in [3.8, 4) is 33.4 Å². The molecule has 3 aromatic heterocycles. The van der Waals surface area contributed by atoms with Gasteiger partial charge in [-0.05, 0) is 94.5 Å². The Morgan fingerprint density at radius 1 is 0.362 bits per heavy atom. The Kier molecular flexibility index (Phi) is 7.40. The number of rotatable bonds is 6. The fraction of sp³-hybridized carbons (Fsp3) is 0. The number of hydrogen-bond donors (Lipinski definition) is 0. The molecule has 0 aliphatic rings. The highest BCUT2D eigenvalue weighted by Crippen LogP contribution is 2.50. The molecule has 0 spiro atoms. The van der Waals surface area contributed by atoms with Gasteiger partial charge in [-0.15, -0.1) is 11.3 Å². The first kappa shape index (κ1) is 32.8. The van der Waals surface area contributed by atoms with Crippen LogP contribution in [-0.4, -0.2) is 0 Å². The maximum absolute atomic E-state index is 7.02. The lowest BCUT2D eigenvalue weighted by Crippen LogP contribution is -2.10. The molecule has 0 atom stereocenters. The second kappa shape index (κ2) is 13.1. The lowest BCUT2D eigenvalue weighted by Gasteiger charge is -2.27. The first-order chi connectivity index (χ1) is 28.7. The van der Waals surface area contributed by atoms with Crippen LogP contribution in [0.4, 0.5) is 17.1 Å². The van der Waals surface area contributed by atoms with Crippen molar-refractivity contribution in [2.75, 3.05) is 4.90 Å². The molecule has 0 fully saturated rings. The number of nitrogens with zero attached hydrogens (tertiary/aromatic N) is 1. The summed E-state index contributed by atoms with van der Waals surface area (Å²) in [6.07, 6.45) is 0. The lowest BCUT2D eigenvalue weighted by atomic mass is 9.98. The van der Waals surface area contributed by atoms with Gasteiger partial charge < -0.3 is 13.7 Å². The van der Waals surface area contributed by atoms with E-state index in [9.17, 15) is 0 Å².